The average molecular weight is 312 g/mol. The van der Waals surface area contributed by atoms with Crippen LogP contribution in [-0.2, 0) is 11.3 Å². The molecular weight excluding hydrogens is 292 g/mol. The van der Waals surface area contributed by atoms with Gasteiger partial charge in [0.05, 0.1) is 12.7 Å². The van der Waals surface area contributed by atoms with E-state index in [1.165, 1.54) is 11.6 Å². The Morgan fingerprint density at radius 3 is 2.52 bits per heavy atom. The molecule has 0 aliphatic heterocycles. The molecule has 0 atom stereocenters. The number of ether oxygens (including phenoxy) is 3. The van der Waals surface area contributed by atoms with Crippen LogP contribution in [0.5, 0.6) is 11.5 Å². The Balaban J connectivity index is 2.13. The highest BCUT2D eigenvalue weighted by Crippen LogP contribution is 2.29. The summed E-state index contributed by atoms with van der Waals surface area (Å²) >= 11 is 0. The van der Waals surface area contributed by atoms with Crippen LogP contribution in [0.25, 0.3) is 0 Å². The van der Waals surface area contributed by atoms with Crippen molar-refractivity contribution >= 4 is 5.97 Å². The summed E-state index contributed by atoms with van der Waals surface area (Å²) in [5.74, 6) is 0.645. The molecule has 4 heteroatoms. The van der Waals surface area contributed by atoms with Gasteiger partial charge in [-0.2, -0.15) is 0 Å². The molecule has 0 unspecified atom stereocenters. The zero-order chi connectivity index (χ0) is 16.7. The summed E-state index contributed by atoms with van der Waals surface area (Å²) in [5.41, 5.74) is 2.64. The van der Waals surface area contributed by atoms with E-state index in [1.54, 1.807) is 25.3 Å². The first-order chi connectivity index (χ1) is 11.1. The predicted molar refractivity (Wildman–Crippen MR) is 89.0 cm³/mol. The lowest BCUT2D eigenvalue weighted by atomic mass is 10.1. The van der Waals surface area contributed by atoms with Gasteiger partial charge in [-0.3, -0.25) is 0 Å². The molecule has 2 aromatic rings. The smallest absolute Gasteiger partial charge is 0.338 e. The van der Waals surface area contributed by atoms with E-state index < -0.39 is 5.97 Å². The monoisotopic (exact) mass is 312 g/mol. The van der Waals surface area contributed by atoms with E-state index in [4.69, 9.17) is 14.2 Å². The maximum absolute atomic E-state index is 11.9. The quantitative estimate of drug-likeness (QED) is 0.574. The second-order valence-corrected chi connectivity index (χ2v) is 5.03. The summed E-state index contributed by atoms with van der Waals surface area (Å²) in [6, 6.07) is 13.0. The summed E-state index contributed by atoms with van der Waals surface area (Å²) in [7, 11) is 1.56. The van der Waals surface area contributed by atoms with Gasteiger partial charge in [0, 0.05) is 0 Å². The van der Waals surface area contributed by atoms with Crippen LogP contribution in [0.3, 0.4) is 0 Å². The number of benzene rings is 2. The van der Waals surface area contributed by atoms with Crippen molar-refractivity contribution in [2.24, 2.45) is 0 Å². The Morgan fingerprint density at radius 2 is 1.87 bits per heavy atom. The fourth-order valence-corrected chi connectivity index (χ4v) is 1.98. The fraction of sp³-hybridized carbons (Fsp3) is 0.211. The standard InChI is InChI=1S/C19H20O4/c1-4-11-22-19(20)16-9-10-17(21-3)18(12-16)23-13-15-7-5-14(2)6-8-15/h4-10,12H,1,11,13H2,2-3H3. The first-order valence-corrected chi connectivity index (χ1v) is 7.28. The minimum Gasteiger partial charge on any atom is -0.493 e. The number of hydrogen-bond acceptors (Lipinski definition) is 4. The van der Waals surface area contributed by atoms with Crippen molar-refractivity contribution in [3.8, 4) is 11.5 Å². The van der Waals surface area contributed by atoms with Gasteiger partial charge in [0.25, 0.3) is 0 Å². The third-order valence-electron chi connectivity index (χ3n) is 3.25. The zero-order valence-corrected chi connectivity index (χ0v) is 13.4. The first kappa shape index (κ1) is 16.6. The van der Waals surface area contributed by atoms with Gasteiger partial charge in [-0.05, 0) is 30.7 Å². The molecule has 0 amide bonds. The second-order valence-electron chi connectivity index (χ2n) is 5.03. The number of carbonyl (C=O) groups excluding carboxylic acids is 1. The third kappa shape index (κ3) is 4.61. The largest absolute Gasteiger partial charge is 0.493 e. The summed E-state index contributed by atoms with van der Waals surface area (Å²) in [5, 5.41) is 0. The lowest BCUT2D eigenvalue weighted by Gasteiger charge is -2.12. The van der Waals surface area contributed by atoms with E-state index in [-0.39, 0.29) is 6.61 Å². The molecule has 0 spiro atoms. The highest BCUT2D eigenvalue weighted by atomic mass is 16.5. The van der Waals surface area contributed by atoms with Crippen LogP contribution in [0.1, 0.15) is 21.5 Å². The van der Waals surface area contributed by atoms with Crippen LogP contribution in [0.15, 0.2) is 55.1 Å². The highest BCUT2D eigenvalue weighted by molar-refractivity contribution is 5.90. The van der Waals surface area contributed by atoms with Gasteiger partial charge in [0.15, 0.2) is 11.5 Å². The van der Waals surface area contributed by atoms with Crippen LogP contribution < -0.4 is 9.47 Å². The van der Waals surface area contributed by atoms with Crippen molar-refractivity contribution in [2.45, 2.75) is 13.5 Å². The first-order valence-electron chi connectivity index (χ1n) is 7.28. The van der Waals surface area contributed by atoms with Crippen LogP contribution in [0, 0.1) is 6.92 Å². The Morgan fingerprint density at radius 1 is 1.13 bits per heavy atom. The summed E-state index contributed by atoms with van der Waals surface area (Å²) < 4.78 is 16.1. The predicted octanol–water partition coefficient (Wildman–Crippen LogP) is 3.93. The van der Waals surface area contributed by atoms with E-state index in [0.717, 1.165) is 5.56 Å². The number of rotatable bonds is 7. The molecule has 0 aliphatic carbocycles. The van der Waals surface area contributed by atoms with Gasteiger partial charge < -0.3 is 14.2 Å². The molecule has 0 radical (unpaired) electrons. The molecule has 2 rings (SSSR count). The molecule has 120 valence electrons. The van der Waals surface area contributed by atoms with Crippen molar-refractivity contribution in [3.05, 3.63) is 71.8 Å². The van der Waals surface area contributed by atoms with Gasteiger partial charge in [-0.1, -0.05) is 42.5 Å². The zero-order valence-electron chi connectivity index (χ0n) is 13.4. The lowest BCUT2D eigenvalue weighted by molar-refractivity contribution is 0.0549. The van der Waals surface area contributed by atoms with E-state index >= 15 is 0 Å². The average Bonchev–Trinajstić information content (AvgIpc) is 2.58. The van der Waals surface area contributed by atoms with Gasteiger partial charge in [-0.25, -0.2) is 4.79 Å². The van der Waals surface area contributed by atoms with Crippen LogP contribution >= 0.6 is 0 Å². The molecule has 0 saturated heterocycles. The van der Waals surface area contributed by atoms with E-state index in [0.29, 0.717) is 23.7 Å². The Bertz CT molecular complexity index is 674. The van der Waals surface area contributed by atoms with E-state index in [9.17, 15) is 4.79 Å². The van der Waals surface area contributed by atoms with Gasteiger partial charge in [0.2, 0.25) is 0 Å². The molecule has 0 aromatic heterocycles. The van der Waals surface area contributed by atoms with Crippen LogP contribution in [-0.4, -0.2) is 19.7 Å². The highest BCUT2D eigenvalue weighted by Gasteiger charge is 2.12. The summed E-state index contributed by atoms with van der Waals surface area (Å²) in [6.45, 7) is 6.11. The van der Waals surface area contributed by atoms with Gasteiger partial charge in [0.1, 0.15) is 13.2 Å². The Hall–Kier alpha value is -2.75. The fourth-order valence-electron chi connectivity index (χ4n) is 1.98. The SMILES string of the molecule is C=CCOC(=O)c1ccc(OC)c(OCc2ccc(C)cc2)c1. The molecule has 4 nitrogen and oxygen atoms in total. The van der Waals surface area contributed by atoms with E-state index in [2.05, 4.69) is 6.58 Å². The number of methoxy groups -OCH3 is 1. The molecule has 0 aliphatic rings. The Kier molecular flexibility index (Phi) is 5.80. The number of esters is 1. The van der Waals surface area contributed by atoms with Crippen molar-refractivity contribution < 1.29 is 19.0 Å². The number of carbonyl (C=O) groups is 1. The van der Waals surface area contributed by atoms with Crippen LogP contribution in [0.2, 0.25) is 0 Å². The summed E-state index contributed by atoms with van der Waals surface area (Å²) in [6.07, 6.45) is 1.52. The Labute approximate surface area is 136 Å². The number of hydrogen-bond donors (Lipinski definition) is 0. The molecular formula is C19H20O4. The molecule has 2 aromatic carbocycles. The molecule has 0 heterocycles. The maximum atomic E-state index is 11.9. The molecule has 23 heavy (non-hydrogen) atoms. The molecule has 0 fully saturated rings. The molecule has 0 N–H and O–H groups in total. The minimum atomic E-state index is -0.423. The lowest BCUT2D eigenvalue weighted by Crippen LogP contribution is -2.06. The van der Waals surface area contributed by atoms with Gasteiger partial charge >= 0.3 is 5.97 Å². The second kappa shape index (κ2) is 8.03. The van der Waals surface area contributed by atoms with Crippen molar-refractivity contribution in [1.29, 1.82) is 0 Å². The normalized spacial score (nSPS) is 10.0. The van der Waals surface area contributed by atoms with Crippen molar-refractivity contribution in [3.63, 3.8) is 0 Å². The maximum Gasteiger partial charge on any atom is 0.338 e. The molecule has 0 saturated carbocycles. The third-order valence-corrected chi connectivity index (χ3v) is 3.25. The summed E-state index contributed by atoms with van der Waals surface area (Å²) in [4.78, 5) is 11.9. The van der Waals surface area contributed by atoms with Crippen molar-refractivity contribution in [1.82, 2.24) is 0 Å². The van der Waals surface area contributed by atoms with Crippen molar-refractivity contribution in [2.75, 3.05) is 13.7 Å². The van der Waals surface area contributed by atoms with Gasteiger partial charge in [-0.15, -0.1) is 0 Å². The minimum absolute atomic E-state index is 0.171. The van der Waals surface area contributed by atoms with E-state index in [1.807, 2.05) is 31.2 Å². The van der Waals surface area contributed by atoms with Crippen LogP contribution in [0.4, 0.5) is 0 Å². The number of aryl methyl sites for hydroxylation is 1. The molecule has 0 bridgehead atoms. The topological polar surface area (TPSA) is 44.8 Å².